The molecule has 1 heterocycles. The Labute approximate surface area is 74.9 Å². The molecule has 2 N–H and O–H groups in total. The first kappa shape index (κ1) is 9.96. The predicted octanol–water partition coefficient (Wildman–Crippen LogP) is 0.304. The Balaban J connectivity index is 1.83. The van der Waals surface area contributed by atoms with E-state index in [4.69, 9.17) is 10.5 Å². The molecule has 1 fully saturated rings. The average molecular weight is 172 g/mol. The molecule has 0 aromatic carbocycles. The van der Waals surface area contributed by atoms with Gasteiger partial charge in [0.1, 0.15) is 0 Å². The van der Waals surface area contributed by atoms with Crippen molar-refractivity contribution in [2.75, 3.05) is 39.4 Å². The van der Waals surface area contributed by atoms with Crippen molar-refractivity contribution < 1.29 is 4.74 Å². The van der Waals surface area contributed by atoms with E-state index in [1.165, 1.54) is 19.6 Å². The monoisotopic (exact) mass is 172 g/mol. The predicted molar refractivity (Wildman–Crippen MR) is 50.1 cm³/mol. The summed E-state index contributed by atoms with van der Waals surface area (Å²) in [5.41, 5.74) is 5.52. The molecule has 0 saturated carbocycles. The van der Waals surface area contributed by atoms with Crippen molar-refractivity contribution in [1.82, 2.24) is 4.90 Å². The van der Waals surface area contributed by atoms with Gasteiger partial charge in [-0.25, -0.2) is 0 Å². The number of likely N-dealkylation sites (tertiary alicyclic amines) is 1. The number of rotatable bonds is 6. The standard InChI is InChI=1S/C9H20N2O/c1-2-12-5-3-4-11-7-9(6-10)8-11/h9H,2-8,10H2,1H3. The van der Waals surface area contributed by atoms with Crippen molar-refractivity contribution in [3.8, 4) is 0 Å². The van der Waals surface area contributed by atoms with Gasteiger partial charge in [-0.2, -0.15) is 0 Å². The maximum atomic E-state index is 5.52. The summed E-state index contributed by atoms with van der Waals surface area (Å²) >= 11 is 0. The minimum Gasteiger partial charge on any atom is -0.382 e. The third-order valence-electron chi connectivity index (χ3n) is 2.33. The van der Waals surface area contributed by atoms with Gasteiger partial charge < -0.3 is 15.4 Å². The third kappa shape index (κ3) is 3.09. The molecule has 0 aromatic heterocycles. The minimum atomic E-state index is 0.761. The van der Waals surface area contributed by atoms with Crippen molar-refractivity contribution in [2.24, 2.45) is 11.7 Å². The molecule has 72 valence electrons. The second kappa shape index (κ2) is 5.51. The van der Waals surface area contributed by atoms with Crippen LogP contribution in [0.1, 0.15) is 13.3 Å². The molecule has 1 aliphatic heterocycles. The molecule has 1 rings (SSSR count). The quantitative estimate of drug-likeness (QED) is 0.586. The van der Waals surface area contributed by atoms with Crippen LogP contribution in [-0.2, 0) is 4.74 Å². The van der Waals surface area contributed by atoms with Crippen LogP contribution in [0.5, 0.6) is 0 Å². The van der Waals surface area contributed by atoms with E-state index in [1.807, 2.05) is 6.92 Å². The highest BCUT2D eigenvalue weighted by Gasteiger charge is 2.23. The molecule has 1 saturated heterocycles. The Hall–Kier alpha value is -0.120. The molecule has 0 radical (unpaired) electrons. The van der Waals surface area contributed by atoms with E-state index in [-0.39, 0.29) is 0 Å². The van der Waals surface area contributed by atoms with E-state index in [0.717, 1.165) is 32.1 Å². The van der Waals surface area contributed by atoms with Crippen LogP contribution in [0.15, 0.2) is 0 Å². The maximum Gasteiger partial charge on any atom is 0.0478 e. The molecule has 3 heteroatoms. The highest BCUT2D eigenvalue weighted by atomic mass is 16.5. The van der Waals surface area contributed by atoms with Crippen LogP contribution >= 0.6 is 0 Å². The molecular weight excluding hydrogens is 152 g/mol. The van der Waals surface area contributed by atoms with Crippen molar-refractivity contribution in [3.05, 3.63) is 0 Å². The fourth-order valence-corrected chi connectivity index (χ4v) is 1.54. The van der Waals surface area contributed by atoms with Crippen LogP contribution in [0, 0.1) is 5.92 Å². The minimum absolute atomic E-state index is 0.761. The Morgan fingerprint density at radius 2 is 2.25 bits per heavy atom. The van der Waals surface area contributed by atoms with Crippen molar-refractivity contribution in [1.29, 1.82) is 0 Å². The van der Waals surface area contributed by atoms with Gasteiger partial charge in [0, 0.05) is 32.8 Å². The zero-order valence-electron chi connectivity index (χ0n) is 7.96. The summed E-state index contributed by atoms with van der Waals surface area (Å²) in [7, 11) is 0. The normalized spacial score (nSPS) is 19.5. The third-order valence-corrected chi connectivity index (χ3v) is 2.33. The number of hydrogen-bond donors (Lipinski definition) is 1. The van der Waals surface area contributed by atoms with Gasteiger partial charge >= 0.3 is 0 Å². The van der Waals surface area contributed by atoms with Gasteiger partial charge in [-0.3, -0.25) is 0 Å². The zero-order chi connectivity index (χ0) is 8.81. The topological polar surface area (TPSA) is 38.5 Å². The average Bonchev–Trinajstić information content (AvgIpc) is 2.01. The Kier molecular flexibility index (Phi) is 4.58. The van der Waals surface area contributed by atoms with Gasteiger partial charge in [0.2, 0.25) is 0 Å². The largest absolute Gasteiger partial charge is 0.382 e. The first-order chi connectivity index (χ1) is 5.86. The highest BCUT2D eigenvalue weighted by Crippen LogP contribution is 2.13. The molecule has 12 heavy (non-hydrogen) atoms. The summed E-state index contributed by atoms with van der Waals surface area (Å²) in [6.45, 7) is 8.20. The van der Waals surface area contributed by atoms with Crippen molar-refractivity contribution in [2.45, 2.75) is 13.3 Å². The number of nitrogens with two attached hydrogens (primary N) is 1. The molecule has 1 aliphatic rings. The Morgan fingerprint density at radius 1 is 1.50 bits per heavy atom. The SMILES string of the molecule is CCOCCCN1CC(CN)C1. The van der Waals surface area contributed by atoms with Crippen molar-refractivity contribution in [3.63, 3.8) is 0 Å². The second-order valence-electron chi connectivity index (χ2n) is 3.41. The van der Waals surface area contributed by atoms with E-state index < -0.39 is 0 Å². The van der Waals surface area contributed by atoms with E-state index in [2.05, 4.69) is 4.90 Å². The molecule has 3 nitrogen and oxygen atoms in total. The van der Waals surface area contributed by atoms with Gasteiger partial charge in [0.25, 0.3) is 0 Å². The van der Waals surface area contributed by atoms with E-state index in [9.17, 15) is 0 Å². The maximum absolute atomic E-state index is 5.52. The second-order valence-corrected chi connectivity index (χ2v) is 3.41. The molecule has 0 atom stereocenters. The number of ether oxygens (including phenoxy) is 1. The molecule has 0 bridgehead atoms. The molecule has 0 aromatic rings. The van der Waals surface area contributed by atoms with Crippen LogP contribution < -0.4 is 5.73 Å². The Morgan fingerprint density at radius 3 is 2.83 bits per heavy atom. The van der Waals surface area contributed by atoms with Crippen LogP contribution in [0.4, 0.5) is 0 Å². The summed E-state index contributed by atoms with van der Waals surface area (Å²) < 4.78 is 5.25. The van der Waals surface area contributed by atoms with E-state index in [1.54, 1.807) is 0 Å². The van der Waals surface area contributed by atoms with Crippen molar-refractivity contribution >= 4 is 0 Å². The number of hydrogen-bond acceptors (Lipinski definition) is 3. The summed E-state index contributed by atoms with van der Waals surface area (Å²) in [5.74, 6) is 0.761. The van der Waals surface area contributed by atoms with Crippen LogP contribution in [0.2, 0.25) is 0 Å². The lowest BCUT2D eigenvalue weighted by Crippen LogP contribution is -2.50. The van der Waals surface area contributed by atoms with Crippen LogP contribution in [-0.4, -0.2) is 44.3 Å². The summed E-state index contributed by atoms with van der Waals surface area (Å²) in [6.07, 6.45) is 1.16. The van der Waals surface area contributed by atoms with E-state index in [0.29, 0.717) is 0 Å². The number of nitrogens with zero attached hydrogens (tertiary/aromatic N) is 1. The van der Waals surface area contributed by atoms with Crippen LogP contribution in [0.25, 0.3) is 0 Å². The lowest BCUT2D eigenvalue weighted by molar-refractivity contribution is 0.0814. The molecule has 0 spiro atoms. The first-order valence-electron chi connectivity index (χ1n) is 4.87. The summed E-state index contributed by atoms with van der Waals surface area (Å²) in [4.78, 5) is 2.44. The lowest BCUT2D eigenvalue weighted by atomic mass is 10.0. The molecule has 0 unspecified atom stereocenters. The smallest absolute Gasteiger partial charge is 0.0478 e. The Bertz CT molecular complexity index is 113. The van der Waals surface area contributed by atoms with Gasteiger partial charge in [-0.15, -0.1) is 0 Å². The van der Waals surface area contributed by atoms with E-state index >= 15 is 0 Å². The highest BCUT2D eigenvalue weighted by molar-refractivity contribution is 4.79. The fraction of sp³-hybridized carbons (Fsp3) is 1.00. The first-order valence-corrected chi connectivity index (χ1v) is 4.87. The lowest BCUT2D eigenvalue weighted by Gasteiger charge is -2.38. The van der Waals surface area contributed by atoms with Gasteiger partial charge in [0.15, 0.2) is 0 Å². The van der Waals surface area contributed by atoms with Gasteiger partial charge in [0.05, 0.1) is 0 Å². The molecule has 0 aliphatic carbocycles. The molecular formula is C9H20N2O. The summed E-state index contributed by atoms with van der Waals surface area (Å²) in [5, 5.41) is 0. The van der Waals surface area contributed by atoms with Crippen LogP contribution in [0.3, 0.4) is 0 Å². The summed E-state index contributed by atoms with van der Waals surface area (Å²) in [6, 6.07) is 0. The fourth-order valence-electron chi connectivity index (χ4n) is 1.54. The molecule has 0 amide bonds. The van der Waals surface area contributed by atoms with Gasteiger partial charge in [-0.05, 0) is 25.8 Å². The zero-order valence-corrected chi connectivity index (χ0v) is 7.96. The van der Waals surface area contributed by atoms with Gasteiger partial charge in [-0.1, -0.05) is 0 Å².